The van der Waals surface area contributed by atoms with E-state index < -0.39 is 30.7 Å². The van der Waals surface area contributed by atoms with Crippen molar-refractivity contribution in [2.24, 2.45) is 0 Å². The Balaban J connectivity index is 1.66. The summed E-state index contributed by atoms with van der Waals surface area (Å²) in [5, 5.41) is 20.2. The lowest BCUT2D eigenvalue weighted by atomic mass is 9.98. The van der Waals surface area contributed by atoms with Crippen LogP contribution < -0.4 is 0 Å². The molecule has 6 nitrogen and oxygen atoms in total. The summed E-state index contributed by atoms with van der Waals surface area (Å²) in [5.74, 6) is 0. The Morgan fingerprint density at radius 3 is 2.35 bits per heavy atom. The van der Waals surface area contributed by atoms with Crippen molar-refractivity contribution in [2.45, 2.75) is 95.3 Å². The molecule has 2 fully saturated rings. The molecule has 0 spiro atoms. The predicted molar refractivity (Wildman–Crippen MR) is 84.9 cm³/mol. The fourth-order valence-corrected chi connectivity index (χ4v) is 3.24. The molecule has 2 aliphatic heterocycles. The molecule has 0 aromatic rings. The third-order valence-electron chi connectivity index (χ3n) is 4.67. The van der Waals surface area contributed by atoms with E-state index in [0.29, 0.717) is 6.61 Å². The second-order valence-electron chi connectivity index (χ2n) is 6.53. The van der Waals surface area contributed by atoms with Gasteiger partial charge in [0, 0.05) is 7.11 Å². The molecular weight excluding hydrogens is 300 g/mol. The number of aliphatic hydroxyl groups is 2. The number of rotatable bonds is 9. The maximum atomic E-state index is 10.2. The van der Waals surface area contributed by atoms with E-state index in [2.05, 4.69) is 6.92 Å². The van der Waals surface area contributed by atoms with Crippen LogP contribution in [-0.4, -0.2) is 60.9 Å². The van der Waals surface area contributed by atoms with Crippen LogP contribution in [0.5, 0.6) is 0 Å². The van der Waals surface area contributed by atoms with E-state index in [-0.39, 0.29) is 6.29 Å². The third kappa shape index (κ3) is 5.37. The van der Waals surface area contributed by atoms with Crippen LogP contribution in [0.3, 0.4) is 0 Å². The molecule has 23 heavy (non-hydrogen) atoms. The summed E-state index contributed by atoms with van der Waals surface area (Å²) in [7, 11) is 1.44. The van der Waals surface area contributed by atoms with E-state index in [4.69, 9.17) is 18.9 Å². The van der Waals surface area contributed by atoms with Crippen LogP contribution in [0.15, 0.2) is 0 Å². The molecule has 2 aliphatic rings. The van der Waals surface area contributed by atoms with E-state index in [1.807, 2.05) is 0 Å². The maximum absolute atomic E-state index is 10.2. The monoisotopic (exact) mass is 332 g/mol. The molecule has 136 valence electrons. The Bertz CT molecular complexity index is 324. The summed E-state index contributed by atoms with van der Waals surface area (Å²) < 4.78 is 22.1. The summed E-state index contributed by atoms with van der Waals surface area (Å²) in [6.45, 7) is 2.58. The maximum Gasteiger partial charge on any atom is 0.186 e. The molecular formula is C17H32O6. The van der Waals surface area contributed by atoms with Crippen molar-refractivity contribution in [3.8, 4) is 0 Å². The van der Waals surface area contributed by atoms with E-state index in [0.717, 1.165) is 12.8 Å². The Morgan fingerprint density at radius 1 is 0.957 bits per heavy atom. The first-order valence-electron chi connectivity index (χ1n) is 8.98. The van der Waals surface area contributed by atoms with Crippen LogP contribution in [0.4, 0.5) is 0 Å². The molecule has 0 amide bonds. The molecule has 2 saturated heterocycles. The molecule has 2 heterocycles. The predicted octanol–water partition coefficient (Wildman–Crippen LogP) is 1.96. The Kier molecular flexibility index (Phi) is 8.23. The van der Waals surface area contributed by atoms with Crippen molar-refractivity contribution >= 4 is 0 Å². The fourth-order valence-electron chi connectivity index (χ4n) is 3.24. The minimum absolute atomic E-state index is 0.323. The van der Waals surface area contributed by atoms with Crippen LogP contribution in [0, 0.1) is 0 Å². The lowest BCUT2D eigenvalue weighted by Crippen LogP contribution is -2.63. The minimum Gasteiger partial charge on any atom is -0.387 e. The Morgan fingerprint density at radius 2 is 1.65 bits per heavy atom. The van der Waals surface area contributed by atoms with Gasteiger partial charge in [0.2, 0.25) is 0 Å². The first-order chi connectivity index (χ1) is 11.2. The topological polar surface area (TPSA) is 77.4 Å². The van der Waals surface area contributed by atoms with Gasteiger partial charge < -0.3 is 29.2 Å². The van der Waals surface area contributed by atoms with E-state index in [1.54, 1.807) is 0 Å². The molecule has 0 radical (unpaired) electrons. The number of hydrogen-bond donors (Lipinski definition) is 2. The minimum atomic E-state index is -1.10. The SMILES string of the molecule is CCCCCCCCCC1OCC2O[C@H](OC)C(O)[C@@H](O)[C@@H]2O1. The number of methoxy groups -OCH3 is 1. The van der Waals surface area contributed by atoms with Crippen LogP contribution in [-0.2, 0) is 18.9 Å². The second kappa shape index (κ2) is 9.91. The zero-order chi connectivity index (χ0) is 16.7. The molecule has 0 bridgehead atoms. The zero-order valence-electron chi connectivity index (χ0n) is 14.4. The van der Waals surface area contributed by atoms with Gasteiger partial charge in [-0.1, -0.05) is 45.4 Å². The average molecular weight is 332 g/mol. The van der Waals surface area contributed by atoms with Crippen molar-refractivity contribution in [3.05, 3.63) is 0 Å². The van der Waals surface area contributed by atoms with Gasteiger partial charge in [-0.25, -0.2) is 0 Å². The smallest absolute Gasteiger partial charge is 0.186 e. The van der Waals surface area contributed by atoms with Gasteiger partial charge in [0.25, 0.3) is 0 Å². The van der Waals surface area contributed by atoms with Gasteiger partial charge in [-0.05, 0) is 12.8 Å². The highest BCUT2D eigenvalue weighted by atomic mass is 16.7. The average Bonchev–Trinajstić information content (AvgIpc) is 2.57. The number of unbranched alkanes of at least 4 members (excludes halogenated alkanes) is 6. The molecule has 2 rings (SSSR count). The summed E-state index contributed by atoms with van der Waals surface area (Å²) in [6.07, 6.45) is 5.26. The number of ether oxygens (including phenoxy) is 4. The first-order valence-corrected chi connectivity index (χ1v) is 8.98. The second-order valence-corrected chi connectivity index (χ2v) is 6.53. The van der Waals surface area contributed by atoms with Crippen LogP contribution in [0.1, 0.15) is 58.3 Å². The third-order valence-corrected chi connectivity index (χ3v) is 4.67. The largest absolute Gasteiger partial charge is 0.387 e. The molecule has 0 aliphatic carbocycles. The van der Waals surface area contributed by atoms with Crippen molar-refractivity contribution in [1.82, 2.24) is 0 Å². The van der Waals surface area contributed by atoms with Crippen molar-refractivity contribution < 1.29 is 29.2 Å². The highest BCUT2D eigenvalue weighted by Gasteiger charge is 2.48. The van der Waals surface area contributed by atoms with E-state index >= 15 is 0 Å². The fraction of sp³-hybridized carbons (Fsp3) is 1.00. The first kappa shape index (κ1) is 19.1. The lowest BCUT2D eigenvalue weighted by molar-refractivity contribution is -0.356. The van der Waals surface area contributed by atoms with Crippen molar-refractivity contribution in [1.29, 1.82) is 0 Å². The molecule has 0 aromatic carbocycles. The Labute approximate surface area is 139 Å². The zero-order valence-corrected chi connectivity index (χ0v) is 14.4. The molecule has 3 unspecified atom stereocenters. The number of aliphatic hydroxyl groups excluding tert-OH is 2. The standard InChI is InChI=1S/C17H32O6/c1-3-4-5-6-7-8-9-10-13-21-11-12-16(23-13)14(18)15(19)17(20-2)22-12/h12-19H,3-11H2,1-2H3/t12?,13?,14-,15?,16-,17+/m1/s1. The molecule has 2 N–H and O–H groups in total. The molecule has 6 heteroatoms. The van der Waals surface area contributed by atoms with Gasteiger partial charge in [0.15, 0.2) is 12.6 Å². The van der Waals surface area contributed by atoms with Crippen LogP contribution in [0.2, 0.25) is 0 Å². The van der Waals surface area contributed by atoms with Crippen LogP contribution >= 0.6 is 0 Å². The quantitative estimate of drug-likeness (QED) is 0.629. The van der Waals surface area contributed by atoms with E-state index in [9.17, 15) is 10.2 Å². The normalized spacial score (nSPS) is 37.6. The summed E-state index contributed by atoms with van der Waals surface area (Å²) in [4.78, 5) is 0. The van der Waals surface area contributed by atoms with Gasteiger partial charge in [-0.15, -0.1) is 0 Å². The van der Waals surface area contributed by atoms with Gasteiger partial charge >= 0.3 is 0 Å². The number of hydrogen-bond acceptors (Lipinski definition) is 6. The van der Waals surface area contributed by atoms with Gasteiger partial charge in [0.1, 0.15) is 24.4 Å². The van der Waals surface area contributed by atoms with Crippen molar-refractivity contribution in [3.63, 3.8) is 0 Å². The summed E-state index contributed by atoms with van der Waals surface area (Å²) in [6, 6.07) is 0. The molecule has 0 saturated carbocycles. The molecule has 0 aromatic heterocycles. The Hall–Kier alpha value is -0.240. The summed E-state index contributed by atoms with van der Waals surface area (Å²) in [5.41, 5.74) is 0. The van der Waals surface area contributed by atoms with Crippen LogP contribution in [0.25, 0.3) is 0 Å². The van der Waals surface area contributed by atoms with Crippen molar-refractivity contribution in [2.75, 3.05) is 13.7 Å². The van der Waals surface area contributed by atoms with E-state index in [1.165, 1.54) is 45.6 Å². The van der Waals surface area contributed by atoms with Gasteiger partial charge in [0.05, 0.1) is 6.61 Å². The lowest BCUT2D eigenvalue weighted by Gasteiger charge is -2.45. The summed E-state index contributed by atoms with van der Waals surface area (Å²) >= 11 is 0. The van der Waals surface area contributed by atoms with Gasteiger partial charge in [-0.3, -0.25) is 0 Å². The molecule has 6 atom stereocenters. The number of fused-ring (bicyclic) bond motifs is 1. The highest BCUT2D eigenvalue weighted by Crippen LogP contribution is 2.30. The highest BCUT2D eigenvalue weighted by molar-refractivity contribution is 4.92. The van der Waals surface area contributed by atoms with Gasteiger partial charge in [-0.2, -0.15) is 0 Å².